The number of rotatable bonds is 8. The van der Waals surface area contributed by atoms with Crippen LogP contribution in [0, 0.1) is 0 Å². The highest BCUT2D eigenvalue weighted by Crippen LogP contribution is 2.23. The van der Waals surface area contributed by atoms with Gasteiger partial charge < -0.3 is 4.90 Å². The van der Waals surface area contributed by atoms with E-state index in [0.717, 1.165) is 18.4 Å². The molecule has 0 aliphatic heterocycles. The number of ketones is 1. The van der Waals surface area contributed by atoms with E-state index in [1.807, 2.05) is 12.1 Å². The quantitative estimate of drug-likeness (QED) is 0.545. The fourth-order valence-corrected chi connectivity index (χ4v) is 2.86. The average Bonchev–Trinajstić information content (AvgIpc) is 2.99. The van der Waals surface area contributed by atoms with Crippen molar-refractivity contribution in [2.24, 2.45) is 0 Å². The van der Waals surface area contributed by atoms with Gasteiger partial charge in [-0.1, -0.05) is 24.3 Å². The Morgan fingerprint density at radius 3 is 2.41 bits per heavy atom. The van der Waals surface area contributed by atoms with Gasteiger partial charge in [0.2, 0.25) is 5.91 Å². The average molecular weight is 297 g/mol. The first-order valence-corrected chi connectivity index (χ1v) is 7.80. The molecule has 0 N–H and O–H groups in total. The lowest BCUT2D eigenvalue weighted by atomic mass is 10.0. The molecule has 0 radical (unpaired) electrons. The van der Waals surface area contributed by atoms with E-state index >= 15 is 0 Å². The summed E-state index contributed by atoms with van der Waals surface area (Å²) < 4.78 is 0. The van der Waals surface area contributed by atoms with Crippen molar-refractivity contribution in [3.8, 4) is 0 Å². The maximum Gasteiger partial charge on any atom is 0.223 e. The molecular weight excluding hydrogens is 274 g/mol. The number of benzene rings is 1. The van der Waals surface area contributed by atoms with E-state index in [0.29, 0.717) is 13.1 Å². The zero-order valence-electron chi connectivity index (χ0n) is 13.0. The van der Waals surface area contributed by atoms with Crippen LogP contribution in [0.15, 0.2) is 43.5 Å². The molecule has 22 heavy (non-hydrogen) atoms. The molecule has 0 saturated carbocycles. The van der Waals surface area contributed by atoms with Crippen LogP contribution in [0.25, 0.3) is 0 Å². The van der Waals surface area contributed by atoms with E-state index in [2.05, 4.69) is 19.2 Å². The molecule has 2 rings (SSSR count). The maximum atomic E-state index is 12.3. The largest absolute Gasteiger partial charge is 0.335 e. The number of fused-ring (bicyclic) bond motifs is 1. The number of amides is 1. The predicted octanol–water partition coefficient (Wildman–Crippen LogP) is 3.34. The molecule has 3 nitrogen and oxygen atoms in total. The third kappa shape index (κ3) is 3.94. The molecule has 1 aliphatic carbocycles. The molecule has 0 spiro atoms. The Balaban J connectivity index is 1.93. The maximum absolute atomic E-state index is 12.3. The number of nitrogens with zero attached hydrogens (tertiary/aromatic N) is 1. The second kappa shape index (κ2) is 7.74. The van der Waals surface area contributed by atoms with E-state index < -0.39 is 0 Å². The summed E-state index contributed by atoms with van der Waals surface area (Å²) in [5.74, 6) is 0.00881. The summed E-state index contributed by atoms with van der Waals surface area (Å²) in [6.45, 7) is 8.26. The smallest absolute Gasteiger partial charge is 0.223 e. The molecule has 0 fully saturated rings. The summed E-state index contributed by atoms with van der Waals surface area (Å²) in [7, 11) is 0. The van der Waals surface area contributed by atoms with Gasteiger partial charge in [0.1, 0.15) is 0 Å². The first kappa shape index (κ1) is 16.2. The number of carbonyl (C=O) groups excluding carboxylic acids is 2. The van der Waals surface area contributed by atoms with Crippen molar-refractivity contribution in [2.75, 3.05) is 13.1 Å². The van der Waals surface area contributed by atoms with Crippen LogP contribution in [-0.2, 0) is 17.6 Å². The third-order valence-corrected chi connectivity index (χ3v) is 4.04. The minimum atomic E-state index is -0.0330. The lowest BCUT2D eigenvalue weighted by Crippen LogP contribution is -2.31. The molecule has 0 atom stereocenters. The van der Waals surface area contributed by atoms with Crippen LogP contribution in [-0.4, -0.2) is 29.7 Å². The molecule has 1 aromatic rings. The normalized spacial score (nSPS) is 12.5. The van der Waals surface area contributed by atoms with E-state index in [4.69, 9.17) is 0 Å². The molecule has 0 aromatic heterocycles. The van der Waals surface area contributed by atoms with Gasteiger partial charge in [0.25, 0.3) is 0 Å². The Kier molecular flexibility index (Phi) is 5.70. The fraction of sp³-hybridized carbons (Fsp3) is 0.368. The van der Waals surface area contributed by atoms with Crippen LogP contribution in [0.3, 0.4) is 0 Å². The lowest BCUT2D eigenvalue weighted by molar-refractivity contribution is -0.130. The molecule has 0 saturated heterocycles. The summed E-state index contributed by atoms with van der Waals surface area (Å²) >= 11 is 0. The summed E-state index contributed by atoms with van der Waals surface area (Å²) in [6.07, 6.45) is 7.19. The second-order valence-electron chi connectivity index (χ2n) is 5.64. The highest BCUT2D eigenvalue weighted by atomic mass is 16.2. The van der Waals surface area contributed by atoms with Crippen LogP contribution in [0.2, 0.25) is 0 Å². The van der Waals surface area contributed by atoms with Gasteiger partial charge in [-0.3, -0.25) is 9.59 Å². The lowest BCUT2D eigenvalue weighted by Gasteiger charge is -2.19. The van der Waals surface area contributed by atoms with Gasteiger partial charge in [0, 0.05) is 31.5 Å². The minimum Gasteiger partial charge on any atom is -0.335 e. The zero-order chi connectivity index (χ0) is 15.9. The van der Waals surface area contributed by atoms with Crippen molar-refractivity contribution >= 4 is 11.7 Å². The molecule has 0 bridgehead atoms. The van der Waals surface area contributed by atoms with Gasteiger partial charge in [-0.15, -0.1) is 13.2 Å². The van der Waals surface area contributed by atoms with Crippen molar-refractivity contribution < 1.29 is 9.59 Å². The van der Waals surface area contributed by atoms with Gasteiger partial charge in [-0.25, -0.2) is 0 Å². The number of hydrogen-bond acceptors (Lipinski definition) is 2. The Labute approximate surface area is 132 Å². The van der Waals surface area contributed by atoms with Crippen LogP contribution >= 0.6 is 0 Å². The topological polar surface area (TPSA) is 37.4 Å². The highest BCUT2D eigenvalue weighted by Gasteiger charge is 2.16. The monoisotopic (exact) mass is 297 g/mol. The molecule has 0 unspecified atom stereocenters. The first-order chi connectivity index (χ1) is 10.7. The van der Waals surface area contributed by atoms with Gasteiger partial charge in [-0.05, 0) is 36.5 Å². The Morgan fingerprint density at radius 2 is 1.73 bits per heavy atom. The van der Waals surface area contributed by atoms with Gasteiger partial charge in [0.05, 0.1) is 0 Å². The van der Waals surface area contributed by atoms with E-state index in [1.54, 1.807) is 17.1 Å². The fourth-order valence-electron chi connectivity index (χ4n) is 2.86. The summed E-state index contributed by atoms with van der Waals surface area (Å²) in [4.78, 5) is 26.0. The molecule has 1 amide bonds. The number of hydrogen-bond donors (Lipinski definition) is 0. The Bertz CT molecular complexity index is 579. The second-order valence-corrected chi connectivity index (χ2v) is 5.64. The zero-order valence-corrected chi connectivity index (χ0v) is 13.0. The summed E-state index contributed by atoms with van der Waals surface area (Å²) in [6, 6.07) is 5.95. The van der Waals surface area contributed by atoms with Crippen LogP contribution in [0.5, 0.6) is 0 Å². The summed E-state index contributed by atoms with van der Waals surface area (Å²) in [5, 5.41) is 0. The number of Topliss-reactive ketones (excluding diaryl/α,β-unsaturated/α-hetero) is 1. The summed E-state index contributed by atoms with van der Waals surface area (Å²) in [5.41, 5.74) is 3.38. The molecular formula is C19H23NO2. The molecule has 3 heteroatoms. The van der Waals surface area contributed by atoms with Crippen molar-refractivity contribution in [2.45, 2.75) is 32.1 Å². The van der Waals surface area contributed by atoms with Crippen molar-refractivity contribution in [3.05, 3.63) is 60.2 Å². The molecule has 0 heterocycles. The van der Waals surface area contributed by atoms with Crippen molar-refractivity contribution in [1.29, 1.82) is 0 Å². The Morgan fingerprint density at radius 1 is 1.05 bits per heavy atom. The predicted molar refractivity (Wildman–Crippen MR) is 89.0 cm³/mol. The van der Waals surface area contributed by atoms with Gasteiger partial charge in [0.15, 0.2) is 5.78 Å². The first-order valence-electron chi connectivity index (χ1n) is 7.80. The van der Waals surface area contributed by atoms with Gasteiger partial charge in [-0.2, -0.15) is 0 Å². The molecule has 1 aliphatic rings. The van der Waals surface area contributed by atoms with Crippen LogP contribution in [0.1, 0.15) is 40.7 Å². The van der Waals surface area contributed by atoms with E-state index in [9.17, 15) is 9.59 Å². The SMILES string of the molecule is C=CCN(CC=C)C(=O)CCC(=O)c1ccc2c(c1)CCC2. The van der Waals surface area contributed by atoms with E-state index in [1.165, 1.54) is 17.5 Å². The minimum absolute atomic E-state index is 0.0330. The standard InChI is InChI=1S/C19H23NO2/c1-3-12-20(13-4-2)19(22)11-10-18(21)17-9-8-15-6-5-7-16(15)14-17/h3-4,8-9,14H,1-2,5-7,10-13H2. The third-order valence-electron chi connectivity index (χ3n) is 4.04. The van der Waals surface area contributed by atoms with Crippen LogP contribution < -0.4 is 0 Å². The number of carbonyl (C=O) groups is 2. The number of aryl methyl sites for hydroxylation is 2. The highest BCUT2D eigenvalue weighted by molar-refractivity contribution is 5.98. The molecule has 116 valence electrons. The van der Waals surface area contributed by atoms with Crippen molar-refractivity contribution in [3.63, 3.8) is 0 Å². The van der Waals surface area contributed by atoms with Crippen molar-refractivity contribution in [1.82, 2.24) is 4.90 Å². The van der Waals surface area contributed by atoms with Crippen LogP contribution in [0.4, 0.5) is 0 Å². The van der Waals surface area contributed by atoms with E-state index in [-0.39, 0.29) is 24.5 Å². The van der Waals surface area contributed by atoms with Gasteiger partial charge >= 0.3 is 0 Å². The molecule has 1 aromatic carbocycles. The Hall–Kier alpha value is -2.16.